The molecule has 1 heterocycles. The Hall–Kier alpha value is -2.10. The Morgan fingerprint density at radius 2 is 1.91 bits per heavy atom. The minimum Gasteiger partial charge on any atom is -0.444 e. The summed E-state index contributed by atoms with van der Waals surface area (Å²) in [5.74, 6) is -0.0489. The van der Waals surface area contributed by atoms with E-state index < -0.39 is 17.7 Å². The summed E-state index contributed by atoms with van der Waals surface area (Å²) in [7, 11) is 0. The molecule has 0 saturated carbocycles. The number of hydrogen-bond acceptors (Lipinski definition) is 3. The van der Waals surface area contributed by atoms with Crippen LogP contribution in [0.15, 0.2) is 36.4 Å². The maximum atomic E-state index is 12.4. The molecule has 0 aliphatic carbocycles. The number of ketones is 1. The van der Waals surface area contributed by atoms with Crippen LogP contribution in [-0.4, -0.2) is 35.0 Å². The van der Waals surface area contributed by atoms with E-state index in [0.717, 1.165) is 12.0 Å². The first-order chi connectivity index (χ1) is 10.4. The second-order valence-electron chi connectivity index (χ2n) is 6.48. The van der Waals surface area contributed by atoms with Crippen molar-refractivity contribution >= 4 is 18.0 Å². The van der Waals surface area contributed by atoms with Crippen LogP contribution in [0.4, 0.5) is 4.79 Å². The molecule has 4 nitrogen and oxygen atoms in total. The maximum Gasteiger partial charge on any atom is 0.410 e. The van der Waals surface area contributed by atoms with E-state index in [-0.39, 0.29) is 5.78 Å². The number of benzene rings is 1. The molecule has 1 aliphatic rings. The Bertz CT molecular complexity index is 557. The zero-order valence-electron chi connectivity index (χ0n) is 13.4. The molecule has 118 valence electrons. The summed E-state index contributed by atoms with van der Waals surface area (Å²) in [6.07, 6.45) is 4.46. The van der Waals surface area contributed by atoms with E-state index in [1.54, 1.807) is 17.1 Å². The highest BCUT2D eigenvalue weighted by atomic mass is 16.6. The van der Waals surface area contributed by atoms with Gasteiger partial charge in [-0.2, -0.15) is 0 Å². The summed E-state index contributed by atoms with van der Waals surface area (Å²) in [6.45, 7) is 6.05. The topological polar surface area (TPSA) is 46.6 Å². The third-order valence-corrected chi connectivity index (χ3v) is 3.45. The fourth-order valence-corrected chi connectivity index (χ4v) is 2.46. The molecule has 0 N–H and O–H groups in total. The van der Waals surface area contributed by atoms with Crippen LogP contribution < -0.4 is 0 Å². The molecular formula is C18H23NO3. The fourth-order valence-electron chi connectivity index (χ4n) is 2.46. The zero-order valence-corrected chi connectivity index (χ0v) is 13.4. The Kier molecular flexibility index (Phi) is 5.01. The van der Waals surface area contributed by atoms with Crippen molar-refractivity contribution in [3.8, 4) is 0 Å². The second kappa shape index (κ2) is 6.77. The average Bonchev–Trinajstić information content (AvgIpc) is 2.93. The molecule has 2 rings (SSSR count). The number of carbonyl (C=O) groups excluding carboxylic acids is 2. The van der Waals surface area contributed by atoms with Crippen molar-refractivity contribution in [2.24, 2.45) is 0 Å². The molecule has 1 atom stereocenters. The van der Waals surface area contributed by atoms with Crippen molar-refractivity contribution in [3.63, 3.8) is 0 Å². The van der Waals surface area contributed by atoms with Gasteiger partial charge in [0.25, 0.3) is 0 Å². The first kappa shape index (κ1) is 16.3. The van der Waals surface area contributed by atoms with Gasteiger partial charge in [-0.3, -0.25) is 9.69 Å². The molecule has 0 radical (unpaired) electrons. The van der Waals surface area contributed by atoms with Crippen molar-refractivity contribution in [1.82, 2.24) is 4.90 Å². The lowest BCUT2D eigenvalue weighted by atomic mass is 10.1. The van der Waals surface area contributed by atoms with Gasteiger partial charge in [0.2, 0.25) is 0 Å². The molecule has 1 fully saturated rings. The Balaban J connectivity index is 2.02. The van der Waals surface area contributed by atoms with Crippen LogP contribution >= 0.6 is 0 Å². The van der Waals surface area contributed by atoms with Gasteiger partial charge in [-0.05, 0) is 45.3 Å². The third kappa shape index (κ3) is 4.45. The predicted molar refractivity (Wildman–Crippen MR) is 86.4 cm³/mol. The largest absolute Gasteiger partial charge is 0.444 e. The van der Waals surface area contributed by atoms with Gasteiger partial charge in [0.05, 0.1) is 6.04 Å². The number of amides is 1. The summed E-state index contributed by atoms with van der Waals surface area (Å²) in [6, 6.07) is 9.24. The summed E-state index contributed by atoms with van der Waals surface area (Å²) in [5, 5.41) is 0. The maximum absolute atomic E-state index is 12.4. The van der Waals surface area contributed by atoms with Crippen molar-refractivity contribution in [1.29, 1.82) is 0 Å². The second-order valence-corrected chi connectivity index (χ2v) is 6.48. The SMILES string of the molecule is CC(C)(C)OC(=O)N1CCC[C@H]1C(=O)C=Cc1ccccc1. The molecule has 22 heavy (non-hydrogen) atoms. The number of likely N-dealkylation sites (tertiary alicyclic amines) is 1. The lowest BCUT2D eigenvalue weighted by Crippen LogP contribution is -2.42. The molecule has 1 aromatic carbocycles. The van der Waals surface area contributed by atoms with Crippen molar-refractivity contribution in [3.05, 3.63) is 42.0 Å². The summed E-state index contributed by atoms with van der Waals surface area (Å²) >= 11 is 0. The minimum atomic E-state index is -0.548. The number of carbonyl (C=O) groups is 2. The summed E-state index contributed by atoms with van der Waals surface area (Å²) in [5.41, 5.74) is 0.422. The van der Waals surface area contributed by atoms with Crippen molar-refractivity contribution in [2.75, 3.05) is 6.54 Å². The van der Waals surface area contributed by atoms with Crippen LogP contribution in [0.2, 0.25) is 0 Å². The Labute approximate surface area is 131 Å². The number of hydrogen-bond donors (Lipinski definition) is 0. The van der Waals surface area contributed by atoms with Crippen LogP contribution in [0.25, 0.3) is 6.08 Å². The Morgan fingerprint density at radius 1 is 1.23 bits per heavy atom. The van der Waals surface area contributed by atoms with Gasteiger partial charge < -0.3 is 4.74 Å². The first-order valence-corrected chi connectivity index (χ1v) is 7.63. The summed E-state index contributed by atoms with van der Waals surface area (Å²) in [4.78, 5) is 26.1. The normalized spacial score (nSPS) is 18.7. The van der Waals surface area contributed by atoms with Crippen molar-refractivity contribution in [2.45, 2.75) is 45.3 Å². The molecule has 4 heteroatoms. The minimum absolute atomic E-state index is 0.0489. The highest BCUT2D eigenvalue weighted by molar-refractivity contribution is 5.99. The predicted octanol–water partition coefficient (Wildman–Crippen LogP) is 3.67. The average molecular weight is 301 g/mol. The quantitative estimate of drug-likeness (QED) is 0.800. The van der Waals surface area contributed by atoms with Gasteiger partial charge in [0.15, 0.2) is 5.78 Å². The molecule has 0 aromatic heterocycles. The Morgan fingerprint density at radius 3 is 2.55 bits per heavy atom. The molecule has 0 bridgehead atoms. The third-order valence-electron chi connectivity index (χ3n) is 3.45. The first-order valence-electron chi connectivity index (χ1n) is 7.63. The number of ether oxygens (including phenoxy) is 1. The monoisotopic (exact) mass is 301 g/mol. The lowest BCUT2D eigenvalue weighted by molar-refractivity contribution is -0.118. The van der Waals surface area contributed by atoms with E-state index in [1.165, 1.54) is 0 Å². The molecule has 1 aromatic rings. The molecule has 0 unspecified atom stereocenters. The van der Waals surface area contributed by atoms with E-state index in [0.29, 0.717) is 13.0 Å². The van der Waals surface area contributed by atoms with Gasteiger partial charge in [0.1, 0.15) is 5.60 Å². The van der Waals surface area contributed by atoms with E-state index in [2.05, 4.69) is 0 Å². The smallest absolute Gasteiger partial charge is 0.410 e. The van der Waals surface area contributed by atoms with E-state index in [9.17, 15) is 9.59 Å². The highest BCUT2D eigenvalue weighted by Gasteiger charge is 2.35. The van der Waals surface area contributed by atoms with Crippen LogP contribution in [0.3, 0.4) is 0 Å². The van der Waals surface area contributed by atoms with Crippen LogP contribution in [0.5, 0.6) is 0 Å². The van der Waals surface area contributed by atoms with Gasteiger partial charge in [-0.1, -0.05) is 36.4 Å². The zero-order chi connectivity index (χ0) is 16.2. The summed E-state index contributed by atoms with van der Waals surface area (Å²) < 4.78 is 5.38. The standard InChI is InChI=1S/C18H23NO3/c1-18(2,3)22-17(21)19-13-7-10-15(19)16(20)12-11-14-8-5-4-6-9-14/h4-6,8-9,11-12,15H,7,10,13H2,1-3H3/t15-/m0/s1. The molecule has 0 spiro atoms. The van der Waals surface area contributed by atoms with Crippen LogP contribution in [-0.2, 0) is 9.53 Å². The fraction of sp³-hybridized carbons (Fsp3) is 0.444. The van der Waals surface area contributed by atoms with Gasteiger partial charge >= 0.3 is 6.09 Å². The van der Waals surface area contributed by atoms with E-state index in [4.69, 9.17) is 4.74 Å². The highest BCUT2D eigenvalue weighted by Crippen LogP contribution is 2.22. The van der Waals surface area contributed by atoms with Gasteiger partial charge in [-0.15, -0.1) is 0 Å². The molecule has 1 saturated heterocycles. The van der Waals surface area contributed by atoms with Crippen LogP contribution in [0.1, 0.15) is 39.2 Å². The van der Waals surface area contributed by atoms with Gasteiger partial charge in [0, 0.05) is 6.54 Å². The molecule has 1 amide bonds. The lowest BCUT2D eigenvalue weighted by Gasteiger charge is -2.27. The number of rotatable bonds is 3. The van der Waals surface area contributed by atoms with E-state index >= 15 is 0 Å². The van der Waals surface area contributed by atoms with E-state index in [1.807, 2.05) is 51.1 Å². The van der Waals surface area contributed by atoms with Gasteiger partial charge in [-0.25, -0.2) is 4.79 Å². The molecule has 1 aliphatic heterocycles. The van der Waals surface area contributed by atoms with Crippen LogP contribution in [0, 0.1) is 0 Å². The number of nitrogens with zero attached hydrogens (tertiary/aromatic N) is 1. The molecular weight excluding hydrogens is 278 g/mol. The van der Waals surface area contributed by atoms with Crippen molar-refractivity contribution < 1.29 is 14.3 Å².